The number of aromatic nitrogens is 3. The van der Waals surface area contributed by atoms with Crippen LogP contribution in [-0.4, -0.2) is 20.5 Å². The summed E-state index contributed by atoms with van der Waals surface area (Å²) >= 11 is 0. The zero-order chi connectivity index (χ0) is 16.9. The summed E-state index contributed by atoms with van der Waals surface area (Å²) in [5, 5.41) is 7.48. The molecule has 3 saturated carbocycles. The van der Waals surface area contributed by atoms with Crippen molar-refractivity contribution in [2.45, 2.75) is 70.1 Å². The molecule has 2 aromatic rings. The molecule has 1 spiro atoms. The molecule has 0 radical (unpaired) electrons. The number of hydrogen-bond acceptors (Lipinski definition) is 3. The average Bonchev–Trinajstić information content (AvgIpc) is 3.26. The van der Waals surface area contributed by atoms with Gasteiger partial charge in [0.1, 0.15) is 0 Å². The number of nitrogens with one attached hydrogen (secondary N) is 1. The van der Waals surface area contributed by atoms with Crippen LogP contribution in [0.4, 0.5) is 5.95 Å². The molecule has 0 bridgehead atoms. The molecular weight excluding hydrogens is 312 g/mol. The molecule has 3 aliphatic rings. The maximum absolute atomic E-state index is 12.0. The van der Waals surface area contributed by atoms with Gasteiger partial charge in [0.05, 0.1) is 0 Å². The fraction of sp³-hybridized carbons (Fsp3) is 0.650. The van der Waals surface area contributed by atoms with Gasteiger partial charge in [0.25, 0.3) is 0 Å². The lowest BCUT2D eigenvalue weighted by molar-refractivity contribution is -0.117. The Kier molecular flexibility index (Phi) is 3.57. The number of anilines is 1. The van der Waals surface area contributed by atoms with Crippen molar-refractivity contribution in [2.75, 3.05) is 5.32 Å². The van der Waals surface area contributed by atoms with E-state index in [9.17, 15) is 4.79 Å². The Hall–Kier alpha value is -1.91. The molecule has 3 aliphatic carbocycles. The van der Waals surface area contributed by atoms with E-state index in [4.69, 9.17) is 0 Å². The first kappa shape index (κ1) is 15.4. The highest BCUT2D eigenvalue weighted by Gasteiger charge is 2.38. The van der Waals surface area contributed by atoms with E-state index in [0.717, 1.165) is 18.5 Å². The second-order valence-electron chi connectivity index (χ2n) is 8.40. The molecule has 0 unspecified atom stereocenters. The summed E-state index contributed by atoms with van der Waals surface area (Å²) in [5.74, 6) is 1.25. The fourth-order valence-corrected chi connectivity index (χ4v) is 5.00. The van der Waals surface area contributed by atoms with Gasteiger partial charge in [0, 0.05) is 17.5 Å². The predicted molar refractivity (Wildman–Crippen MR) is 96.5 cm³/mol. The van der Waals surface area contributed by atoms with Crippen LogP contribution in [0.5, 0.6) is 0 Å². The van der Waals surface area contributed by atoms with Gasteiger partial charge in [-0.1, -0.05) is 18.9 Å². The zero-order valence-electron chi connectivity index (χ0n) is 14.7. The third-order valence-electron chi connectivity index (χ3n) is 6.70. The van der Waals surface area contributed by atoms with Gasteiger partial charge >= 0.3 is 0 Å². The van der Waals surface area contributed by atoms with E-state index < -0.39 is 0 Å². The second kappa shape index (κ2) is 5.82. The van der Waals surface area contributed by atoms with Crippen LogP contribution >= 0.6 is 0 Å². The minimum atomic E-state index is 0.0679. The molecule has 1 amide bonds. The highest BCUT2D eigenvalue weighted by molar-refractivity contribution is 5.92. The fourth-order valence-electron chi connectivity index (χ4n) is 5.00. The Morgan fingerprint density at radius 3 is 2.56 bits per heavy atom. The van der Waals surface area contributed by atoms with Crippen LogP contribution in [0, 0.1) is 11.3 Å². The molecule has 5 nitrogen and oxygen atoms in total. The molecule has 0 aromatic carbocycles. The molecule has 0 saturated heterocycles. The summed E-state index contributed by atoms with van der Waals surface area (Å²) in [6.07, 6.45) is 12.9. The molecule has 132 valence electrons. The summed E-state index contributed by atoms with van der Waals surface area (Å²) < 4.78 is 1.96. The third-order valence-corrected chi connectivity index (χ3v) is 6.70. The molecule has 2 heterocycles. The molecule has 0 aliphatic heterocycles. The normalized spacial score (nSPS) is 23.4. The van der Waals surface area contributed by atoms with Crippen molar-refractivity contribution in [3.63, 3.8) is 0 Å². The number of carbonyl (C=O) groups excluding carboxylic acids is 1. The smallest absolute Gasteiger partial charge is 0.249 e. The second-order valence-corrected chi connectivity index (χ2v) is 8.40. The molecule has 1 N–H and O–H groups in total. The molecule has 2 aromatic heterocycles. The van der Waals surface area contributed by atoms with E-state index in [-0.39, 0.29) is 11.8 Å². The van der Waals surface area contributed by atoms with Gasteiger partial charge < -0.3 is 0 Å². The van der Waals surface area contributed by atoms with Crippen molar-refractivity contribution >= 4 is 17.5 Å². The highest BCUT2D eigenvalue weighted by atomic mass is 16.2. The third kappa shape index (κ3) is 2.83. The van der Waals surface area contributed by atoms with Gasteiger partial charge in [0.15, 0.2) is 5.65 Å². The van der Waals surface area contributed by atoms with Crippen LogP contribution in [0.1, 0.15) is 75.8 Å². The van der Waals surface area contributed by atoms with E-state index in [1.807, 2.05) is 10.6 Å². The maximum Gasteiger partial charge on any atom is 0.249 e. The van der Waals surface area contributed by atoms with Crippen molar-refractivity contribution in [2.24, 2.45) is 11.3 Å². The number of hydrogen-bond donors (Lipinski definition) is 1. The Labute approximate surface area is 148 Å². The van der Waals surface area contributed by atoms with Crippen molar-refractivity contribution < 1.29 is 4.79 Å². The van der Waals surface area contributed by atoms with Gasteiger partial charge in [-0.15, -0.1) is 5.10 Å². The lowest BCUT2D eigenvalue weighted by atomic mass is 9.69. The molecule has 5 heteroatoms. The largest absolute Gasteiger partial charge is 0.293 e. The van der Waals surface area contributed by atoms with Gasteiger partial charge in [-0.3, -0.25) is 10.1 Å². The number of rotatable bonds is 3. The molecule has 3 fully saturated rings. The average molecular weight is 338 g/mol. The van der Waals surface area contributed by atoms with Crippen molar-refractivity contribution in [3.8, 4) is 0 Å². The lowest BCUT2D eigenvalue weighted by Crippen LogP contribution is -2.24. The minimum absolute atomic E-state index is 0.0679. The van der Waals surface area contributed by atoms with Gasteiger partial charge in [-0.2, -0.15) is 4.98 Å². The van der Waals surface area contributed by atoms with E-state index in [2.05, 4.69) is 27.5 Å². The maximum atomic E-state index is 12.0. The van der Waals surface area contributed by atoms with Crippen LogP contribution in [0.2, 0.25) is 0 Å². The Morgan fingerprint density at radius 2 is 1.84 bits per heavy atom. The summed E-state index contributed by atoms with van der Waals surface area (Å²) in [7, 11) is 0. The van der Waals surface area contributed by atoms with Crippen LogP contribution in [-0.2, 0) is 4.79 Å². The number of pyridine rings is 1. The monoisotopic (exact) mass is 338 g/mol. The number of amides is 1. The summed E-state index contributed by atoms with van der Waals surface area (Å²) in [5.41, 5.74) is 2.74. The zero-order valence-corrected chi connectivity index (χ0v) is 14.7. The van der Waals surface area contributed by atoms with Crippen LogP contribution in [0.25, 0.3) is 5.65 Å². The van der Waals surface area contributed by atoms with E-state index in [1.165, 1.54) is 57.1 Å². The first-order chi connectivity index (χ1) is 12.2. The highest BCUT2D eigenvalue weighted by Crippen LogP contribution is 2.52. The Bertz CT molecular complexity index is 791. The summed E-state index contributed by atoms with van der Waals surface area (Å²) in [4.78, 5) is 16.5. The molecule has 5 rings (SSSR count). The quantitative estimate of drug-likeness (QED) is 0.908. The first-order valence-electron chi connectivity index (χ1n) is 9.89. The van der Waals surface area contributed by atoms with Gasteiger partial charge in [0.2, 0.25) is 11.9 Å². The lowest BCUT2D eigenvalue weighted by Gasteiger charge is -2.37. The van der Waals surface area contributed by atoms with Crippen molar-refractivity contribution in [1.29, 1.82) is 0 Å². The SMILES string of the molecule is O=C(Nc1nc2cccc(C3CCC4(CCCC4)CC3)n2n1)C1CC1. The van der Waals surface area contributed by atoms with E-state index >= 15 is 0 Å². The van der Waals surface area contributed by atoms with Gasteiger partial charge in [-0.25, -0.2) is 4.52 Å². The van der Waals surface area contributed by atoms with Gasteiger partial charge in [-0.05, 0) is 68.9 Å². The number of nitrogens with zero attached hydrogens (tertiary/aromatic N) is 3. The molecule has 25 heavy (non-hydrogen) atoms. The Morgan fingerprint density at radius 1 is 1.08 bits per heavy atom. The van der Waals surface area contributed by atoms with E-state index in [1.54, 1.807) is 0 Å². The summed E-state index contributed by atoms with van der Waals surface area (Å²) in [6, 6.07) is 6.24. The topological polar surface area (TPSA) is 59.3 Å². The van der Waals surface area contributed by atoms with Crippen molar-refractivity contribution in [3.05, 3.63) is 23.9 Å². The number of fused-ring (bicyclic) bond motifs is 1. The standard InChI is InChI=1S/C20H26N4O/c25-18(15-6-7-15)22-19-21-17-5-3-4-16(24(17)23-19)14-8-12-20(13-9-14)10-1-2-11-20/h3-5,14-15H,1-2,6-13H2,(H,22,23,25). The predicted octanol–water partition coefficient (Wildman–Crippen LogP) is 4.30. The van der Waals surface area contributed by atoms with Crippen molar-refractivity contribution in [1.82, 2.24) is 14.6 Å². The molecular formula is C20H26N4O. The summed E-state index contributed by atoms with van der Waals surface area (Å²) in [6.45, 7) is 0. The number of carbonyl (C=O) groups is 1. The van der Waals surface area contributed by atoms with Crippen LogP contribution < -0.4 is 5.32 Å². The Balaban J connectivity index is 1.37. The van der Waals surface area contributed by atoms with Crippen LogP contribution in [0.15, 0.2) is 18.2 Å². The first-order valence-corrected chi connectivity index (χ1v) is 9.89. The van der Waals surface area contributed by atoms with E-state index in [0.29, 0.717) is 17.3 Å². The molecule has 0 atom stereocenters. The van der Waals surface area contributed by atoms with Crippen LogP contribution in [0.3, 0.4) is 0 Å². The minimum Gasteiger partial charge on any atom is -0.293 e.